The van der Waals surface area contributed by atoms with Crippen molar-refractivity contribution in [3.63, 3.8) is 0 Å². The highest BCUT2D eigenvalue weighted by Crippen LogP contribution is 2.26. The summed E-state index contributed by atoms with van der Waals surface area (Å²) in [6.07, 6.45) is 6.76. The Kier molecular flexibility index (Phi) is 7.20. The zero-order chi connectivity index (χ0) is 13.4. The molecule has 0 heterocycles. The van der Waals surface area contributed by atoms with Gasteiger partial charge in [0.2, 0.25) is 0 Å². The Morgan fingerprint density at radius 3 is 2.28 bits per heavy atom. The van der Waals surface area contributed by atoms with E-state index in [0.717, 1.165) is 38.9 Å². The van der Waals surface area contributed by atoms with Crippen LogP contribution in [0.1, 0.15) is 59.3 Å². The van der Waals surface area contributed by atoms with Gasteiger partial charge in [-0.1, -0.05) is 39.5 Å². The smallest absolute Gasteiger partial charge is 0.0771 e. The summed E-state index contributed by atoms with van der Waals surface area (Å²) < 4.78 is 5.51. The van der Waals surface area contributed by atoms with Crippen LogP contribution in [0, 0.1) is 5.92 Å². The predicted molar refractivity (Wildman–Crippen MR) is 75.8 cm³/mol. The van der Waals surface area contributed by atoms with E-state index in [1.165, 1.54) is 12.8 Å². The molecule has 18 heavy (non-hydrogen) atoms. The third-order valence-corrected chi connectivity index (χ3v) is 4.03. The molecule has 1 aliphatic carbocycles. The summed E-state index contributed by atoms with van der Waals surface area (Å²) in [7, 11) is 0. The largest absolute Gasteiger partial charge is 0.389 e. The van der Waals surface area contributed by atoms with E-state index in [4.69, 9.17) is 4.74 Å². The maximum absolute atomic E-state index is 10.6. The molecule has 3 nitrogen and oxygen atoms in total. The van der Waals surface area contributed by atoms with Crippen LogP contribution in [0.3, 0.4) is 0 Å². The number of hydrogen-bond acceptors (Lipinski definition) is 3. The Hall–Kier alpha value is -0.120. The SMILES string of the molecule is CCOCC(NCC1(O)CCCCCC1)C(C)C. The third kappa shape index (κ3) is 5.68. The van der Waals surface area contributed by atoms with Crippen molar-refractivity contribution in [2.75, 3.05) is 19.8 Å². The van der Waals surface area contributed by atoms with Crippen LogP contribution in [-0.2, 0) is 4.74 Å². The zero-order valence-electron chi connectivity index (χ0n) is 12.4. The first-order valence-corrected chi connectivity index (χ1v) is 7.61. The molecule has 1 saturated carbocycles. The highest BCUT2D eigenvalue weighted by molar-refractivity contribution is 4.85. The van der Waals surface area contributed by atoms with Crippen LogP contribution in [0.25, 0.3) is 0 Å². The molecule has 0 saturated heterocycles. The van der Waals surface area contributed by atoms with Crippen LogP contribution in [0.15, 0.2) is 0 Å². The lowest BCUT2D eigenvalue weighted by atomic mass is 9.93. The average molecular weight is 257 g/mol. The summed E-state index contributed by atoms with van der Waals surface area (Å²) in [6.45, 7) is 8.64. The number of aliphatic hydroxyl groups is 1. The fourth-order valence-electron chi connectivity index (χ4n) is 2.62. The van der Waals surface area contributed by atoms with E-state index in [9.17, 15) is 5.11 Å². The summed E-state index contributed by atoms with van der Waals surface area (Å²) in [5, 5.41) is 14.1. The molecule has 3 heteroatoms. The topological polar surface area (TPSA) is 41.5 Å². The Labute approximate surface area is 112 Å². The molecule has 1 rings (SSSR count). The monoisotopic (exact) mass is 257 g/mol. The standard InChI is InChI=1S/C15H31NO2/c1-4-18-11-14(13(2)3)16-12-15(17)9-7-5-6-8-10-15/h13-14,16-17H,4-12H2,1-3H3. The molecule has 0 aromatic rings. The van der Waals surface area contributed by atoms with Crippen LogP contribution < -0.4 is 5.32 Å². The Balaban J connectivity index is 2.39. The molecule has 0 bridgehead atoms. The molecular weight excluding hydrogens is 226 g/mol. The first-order chi connectivity index (χ1) is 8.57. The van der Waals surface area contributed by atoms with E-state index in [0.29, 0.717) is 18.5 Å². The van der Waals surface area contributed by atoms with Crippen LogP contribution in [0.4, 0.5) is 0 Å². The number of hydrogen-bond donors (Lipinski definition) is 2. The molecule has 0 aromatic carbocycles. The lowest BCUT2D eigenvalue weighted by Gasteiger charge is -2.31. The van der Waals surface area contributed by atoms with Crippen LogP contribution in [0.5, 0.6) is 0 Å². The fraction of sp³-hybridized carbons (Fsp3) is 1.00. The number of ether oxygens (including phenoxy) is 1. The molecule has 1 aliphatic rings. The minimum atomic E-state index is -0.490. The Morgan fingerprint density at radius 1 is 1.17 bits per heavy atom. The summed E-state index contributed by atoms with van der Waals surface area (Å²) in [4.78, 5) is 0. The van der Waals surface area contributed by atoms with Crippen LogP contribution in [0.2, 0.25) is 0 Å². The van der Waals surface area contributed by atoms with Gasteiger partial charge in [0.25, 0.3) is 0 Å². The molecule has 0 radical (unpaired) electrons. The van der Waals surface area contributed by atoms with Gasteiger partial charge < -0.3 is 15.2 Å². The normalized spacial score (nSPS) is 21.8. The van der Waals surface area contributed by atoms with Crippen molar-refractivity contribution in [1.29, 1.82) is 0 Å². The van der Waals surface area contributed by atoms with Gasteiger partial charge in [-0.3, -0.25) is 0 Å². The third-order valence-electron chi connectivity index (χ3n) is 4.03. The summed E-state index contributed by atoms with van der Waals surface area (Å²) in [5.74, 6) is 0.533. The second kappa shape index (κ2) is 8.13. The lowest BCUT2D eigenvalue weighted by Crippen LogP contribution is -2.47. The van der Waals surface area contributed by atoms with E-state index in [-0.39, 0.29) is 0 Å². The summed E-state index contributed by atoms with van der Waals surface area (Å²) >= 11 is 0. The molecule has 1 fully saturated rings. The van der Waals surface area contributed by atoms with Crippen molar-refractivity contribution in [3.05, 3.63) is 0 Å². The minimum absolute atomic E-state index is 0.345. The van der Waals surface area contributed by atoms with Gasteiger partial charge >= 0.3 is 0 Å². The quantitative estimate of drug-likeness (QED) is 0.689. The molecule has 0 aromatic heterocycles. The number of nitrogens with one attached hydrogen (secondary N) is 1. The Bertz CT molecular complexity index is 211. The van der Waals surface area contributed by atoms with Crippen molar-refractivity contribution in [2.24, 2.45) is 5.92 Å². The fourth-order valence-corrected chi connectivity index (χ4v) is 2.62. The van der Waals surface area contributed by atoms with Crippen molar-refractivity contribution in [3.8, 4) is 0 Å². The molecule has 0 amide bonds. The van der Waals surface area contributed by atoms with Gasteiger partial charge in [-0.05, 0) is 25.7 Å². The molecule has 0 aliphatic heterocycles. The first kappa shape index (κ1) is 15.9. The van der Waals surface area contributed by atoms with Gasteiger partial charge in [0.15, 0.2) is 0 Å². The second-order valence-corrected chi connectivity index (χ2v) is 6.03. The highest BCUT2D eigenvalue weighted by atomic mass is 16.5. The van der Waals surface area contributed by atoms with E-state index in [2.05, 4.69) is 19.2 Å². The first-order valence-electron chi connectivity index (χ1n) is 7.61. The summed E-state index contributed by atoms with van der Waals surface area (Å²) in [6, 6.07) is 0.345. The lowest BCUT2D eigenvalue weighted by molar-refractivity contribution is 0.0154. The van der Waals surface area contributed by atoms with Crippen molar-refractivity contribution >= 4 is 0 Å². The van der Waals surface area contributed by atoms with Crippen molar-refractivity contribution in [1.82, 2.24) is 5.32 Å². The van der Waals surface area contributed by atoms with Gasteiger partial charge in [0, 0.05) is 19.2 Å². The van der Waals surface area contributed by atoms with Crippen molar-refractivity contribution in [2.45, 2.75) is 70.9 Å². The van der Waals surface area contributed by atoms with Crippen LogP contribution in [-0.4, -0.2) is 36.5 Å². The number of rotatable bonds is 7. The molecule has 108 valence electrons. The zero-order valence-corrected chi connectivity index (χ0v) is 12.4. The van der Waals surface area contributed by atoms with E-state index >= 15 is 0 Å². The summed E-state index contributed by atoms with van der Waals surface area (Å²) in [5.41, 5.74) is -0.490. The van der Waals surface area contributed by atoms with Gasteiger partial charge in [0.1, 0.15) is 0 Å². The van der Waals surface area contributed by atoms with E-state index in [1.807, 2.05) is 6.92 Å². The molecule has 0 spiro atoms. The van der Waals surface area contributed by atoms with Crippen LogP contribution >= 0.6 is 0 Å². The highest BCUT2D eigenvalue weighted by Gasteiger charge is 2.28. The molecule has 2 N–H and O–H groups in total. The van der Waals surface area contributed by atoms with E-state index < -0.39 is 5.60 Å². The van der Waals surface area contributed by atoms with Gasteiger partial charge in [0.05, 0.1) is 12.2 Å². The molecule has 1 atom stereocenters. The maximum atomic E-state index is 10.6. The maximum Gasteiger partial charge on any atom is 0.0771 e. The Morgan fingerprint density at radius 2 is 1.78 bits per heavy atom. The minimum Gasteiger partial charge on any atom is -0.389 e. The second-order valence-electron chi connectivity index (χ2n) is 6.03. The molecular formula is C15H31NO2. The van der Waals surface area contributed by atoms with Gasteiger partial charge in [-0.25, -0.2) is 0 Å². The van der Waals surface area contributed by atoms with Crippen molar-refractivity contribution < 1.29 is 9.84 Å². The average Bonchev–Trinajstić information content (AvgIpc) is 2.54. The van der Waals surface area contributed by atoms with Gasteiger partial charge in [-0.15, -0.1) is 0 Å². The predicted octanol–water partition coefficient (Wildman–Crippen LogP) is 2.72. The van der Waals surface area contributed by atoms with Gasteiger partial charge in [-0.2, -0.15) is 0 Å². The van der Waals surface area contributed by atoms with E-state index in [1.54, 1.807) is 0 Å². The molecule has 1 unspecified atom stereocenters.